The molecule has 0 aliphatic carbocycles. The van der Waals surface area contributed by atoms with Gasteiger partial charge in [0.1, 0.15) is 12.7 Å². The summed E-state index contributed by atoms with van der Waals surface area (Å²) in [5.41, 5.74) is 0.492. The van der Waals surface area contributed by atoms with Gasteiger partial charge >= 0.3 is 0 Å². The Labute approximate surface area is 156 Å². The Hall–Kier alpha value is -1.69. The molecule has 6 nitrogen and oxygen atoms in total. The molecular formula is C20H34N2O4. The largest absolute Gasteiger partial charge is 0.550 e. The lowest BCUT2D eigenvalue weighted by Gasteiger charge is -2.01. The number of imidazole rings is 1. The lowest BCUT2D eigenvalue weighted by molar-refractivity contribution is -0.704. The van der Waals surface area contributed by atoms with Gasteiger partial charge in [-0.1, -0.05) is 58.3 Å². The van der Waals surface area contributed by atoms with Crippen LogP contribution in [0, 0.1) is 0 Å². The Kier molecular flexibility index (Phi) is 11.6. The summed E-state index contributed by atoms with van der Waals surface area (Å²) in [6, 6.07) is 0. The fraction of sp³-hybridized carbons (Fsp3) is 0.750. The normalized spacial score (nSPS) is 11.0. The van der Waals surface area contributed by atoms with E-state index in [1.165, 1.54) is 44.9 Å². The molecule has 0 fully saturated rings. The summed E-state index contributed by atoms with van der Waals surface area (Å²) in [4.78, 5) is 26.0. The number of carboxylic acids is 1. The summed E-state index contributed by atoms with van der Waals surface area (Å²) in [5, 5.41) is 19.7. The monoisotopic (exact) mass is 366 g/mol. The summed E-state index contributed by atoms with van der Waals surface area (Å²) >= 11 is 0. The zero-order chi connectivity index (χ0) is 19.2. The minimum Gasteiger partial charge on any atom is -0.550 e. The Bertz CT molecular complexity index is 540. The van der Waals surface area contributed by atoms with E-state index in [1.54, 1.807) is 10.8 Å². The minimum absolute atomic E-state index is 0.0411. The SMILES string of the molecule is CCCCCCCCCCCC(=O)c1c[n+](CCO)c(CCC(=O)[O-])[nH]1. The molecule has 6 heteroatoms. The number of ketones is 1. The number of H-pyrrole nitrogens is 1. The zero-order valence-corrected chi connectivity index (χ0v) is 16.1. The van der Waals surface area contributed by atoms with Crippen molar-refractivity contribution in [3.8, 4) is 0 Å². The van der Waals surface area contributed by atoms with Crippen molar-refractivity contribution in [2.45, 2.75) is 90.5 Å². The number of carbonyl (C=O) groups excluding carboxylic acids is 2. The number of aromatic amines is 1. The van der Waals surface area contributed by atoms with E-state index in [4.69, 9.17) is 5.11 Å². The summed E-state index contributed by atoms with van der Waals surface area (Å²) in [5.74, 6) is -0.448. The molecule has 1 aromatic heterocycles. The van der Waals surface area contributed by atoms with E-state index >= 15 is 0 Å². The average Bonchev–Trinajstić information content (AvgIpc) is 3.02. The first-order valence-corrected chi connectivity index (χ1v) is 10.0. The molecule has 0 saturated heterocycles. The number of aliphatic hydroxyl groups is 1. The lowest BCUT2D eigenvalue weighted by atomic mass is 10.0. The highest BCUT2D eigenvalue weighted by molar-refractivity contribution is 5.93. The summed E-state index contributed by atoms with van der Waals surface area (Å²) in [7, 11) is 0. The highest BCUT2D eigenvalue weighted by Crippen LogP contribution is 2.12. The van der Waals surface area contributed by atoms with Crippen LogP contribution in [0.15, 0.2) is 6.20 Å². The van der Waals surface area contributed by atoms with Crippen LogP contribution in [-0.2, 0) is 17.8 Å². The Morgan fingerprint density at radius 3 is 2.23 bits per heavy atom. The number of aliphatic hydroxyl groups excluding tert-OH is 1. The third-order valence-corrected chi connectivity index (χ3v) is 4.63. The maximum atomic E-state index is 12.3. The van der Waals surface area contributed by atoms with Gasteiger partial charge in [-0.25, -0.2) is 9.55 Å². The third-order valence-electron chi connectivity index (χ3n) is 4.63. The molecule has 0 aliphatic rings. The summed E-state index contributed by atoms with van der Waals surface area (Å²) in [6.45, 7) is 2.50. The fourth-order valence-corrected chi connectivity index (χ4v) is 3.10. The van der Waals surface area contributed by atoms with Crippen LogP contribution in [0.3, 0.4) is 0 Å². The van der Waals surface area contributed by atoms with E-state index in [2.05, 4.69) is 11.9 Å². The molecule has 1 heterocycles. The maximum Gasteiger partial charge on any atom is 0.255 e. The molecule has 2 N–H and O–H groups in total. The first-order chi connectivity index (χ1) is 12.6. The van der Waals surface area contributed by atoms with Crippen molar-refractivity contribution in [2.75, 3.05) is 6.61 Å². The average molecular weight is 367 g/mol. The number of aromatic nitrogens is 2. The molecule has 0 aromatic carbocycles. The molecule has 0 bridgehead atoms. The second-order valence-electron chi connectivity index (χ2n) is 6.91. The fourth-order valence-electron chi connectivity index (χ4n) is 3.10. The summed E-state index contributed by atoms with van der Waals surface area (Å²) in [6.07, 6.45) is 13.2. The van der Waals surface area contributed by atoms with Crippen molar-refractivity contribution in [1.82, 2.24) is 4.98 Å². The Balaban J connectivity index is 2.32. The number of carbonyl (C=O) groups is 2. The molecule has 1 rings (SSSR count). The topological polar surface area (TPSA) is 97.1 Å². The highest BCUT2D eigenvalue weighted by Gasteiger charge is 2.20. The second kappa shape index (κ2) is 13.5. The number of rotatable bonds is 16. The van der Waals surface area contributed by atoms with Crippen molar-refractivity contribution in [1.29, 1.82) is 0 Å². The van der Waals surface area contributed by atoms with Gasteiger partial charge in [-0.3, -0.25) is 4.79 Å². The molecule has 26 heavy (non-hydrogen) atoms. The Morgan fingerprint density at radius 1 is 1.04 bits per heavy atom. The molecule has 0 amide bonds. The molecular weight excluding hydrogens is 332 g/mol. The number of unbranched alkanes of at least 4 members (excludes halogenated alkanes) is 8. The van der Waals surface area contributed by atoms with Crippen LogP contribution < -0.4 is 9.67 Å². The molecule has 0 aliphatic heterocycles. The molecule has 0 unspecified atom stereocenters. The van der Waals surface area contributed by atoms with Crippen LogP contribution in [0.2, 0.25) is 0 Å². The lowest BCUT2D eigenvalue weighted by Crippen LogP contribution is -2.38. The number of aliphatic carboxylic acids is 1. The van der Waals surface area contributed by atoms with Crippen LogP contribution >= 0.6 is 0 Å². The predicted molar refractivity (Wildman–Crippen MR) is 97.6 cm³/mol. The number of carboxylic acid groups (broad SMARTS) is 1. The van der Waals surface area contributed by atoms with E-state index in [0.717, 1.165) is 12.8 Å². The third kappa shape index (κ3) is 9.13. The van der Waals surface area contributed by atoms with Gasteiger partial charge in [-0.05, 0) is 12.8 Å². The predicted octanol–water partition coefficient (Wildman–Crippen LogP) is 2.08. The van der Waals surface area contributed by atoms with Crippen LogP contribution in [0.1, 0.15) is 93.9 Å². The molecule has 0 saturated carbocycles. The van der Waals surface area contributed by atoms with Crippen LogP contribution in [0.25, 0.3) is 0 Å². The maximum absolute atomic E-state index is 12.3. The smallest absolute Gasteiger partial charge is 0.255 e. The molecule has 0 atom stereocenters. The number of hydrogen-bond donors (Lipinski definition) is 2. The van der Waals surface area contributed by atoms with Gasteiger partial charge in [0.2, 0.25) is 11.5 Å². The standard InChI is InChI=1S/C20H34N2O4/c1-2-3-4-5-6-7-8-9-10-11-18(24)17-16-22(14-15-23)19(21-17)12-13-20(25)26/h16,23H,2-15H2,1H3,(H,25,26). The zero-order valence-electron chi connectivity index (χ0n) is 16.1. The number of nitrogens with zero attached hydrogens (tertiary/aromatic N) is 1. The van der Waals surface area contributed by atoms with E-state index in [0.29, 0.717) is 24.5 Å². The van der Waals surface area contributed by atoms with Crippen molar-refractivity contribution in [2.24, 2.45) is 0 Å². The van der Waals surface area contributed by atoms with Gasteiger partial charge in [0.15, 0.2) is 0 Å². The van der Waals surface area contributed by atoms with Gasteiger partial charge in [-0.2, -0.15) is 0 Å². The number of nitrogens with one attached hydrogen (secondary N) is 1. The van der Waals surface area contributed by atoms with E-state index in [-0.39, 0.29) is 25.2 Å². The van der Waals surface area contributed by atoms with Gasteiger partial charge in [0, 0.05) is 12.4 Å². The first-order valence-electron chi connectivity index (χ1n) is 10.0. The number of Topliss-reactive ketones (excluding diaryl/α,β-unsaturated/α-hetero) is 1. The van der Waals surface area contributed by atoms with Crippen LogP contribution in [0.5, 0.6) is 0 Å². The van der Waals surface area contributed by atoms with Crippen molar-refractivity contribution in [3.05, 3.63) is 17.7 Å². The first kappa shape index (κ1) is 22.4. The molecule has 148 valence electrons. The second-order valence-corrected chi connectivity index (χ2v) is 6.91. The Morgan fingerprint density at radius 2 is 1.65 bits per heavy atom. The van der Waals surface area contributed by atoms with E-state index in [9.17, 15) is 14.7 Å². The van der Waals surface area contributed by atoms with Gasteiger partial charge < -0.3 is 15.0 Å². The number of hydrogen-bond acceptors (Lipinski definition) is 4. The van der Waals surface area contributed by atoms with Gasteiger partial charge in [0.05, 0.1) is 13.0 Å². The molecule has 1 aromatic rings. The van der Waals surface area contributed by atoms with Crippen LogP contribution in [0.4, 0.5) is 0 Å². The van der Waals surface area contributed by atoms with Crippen LogP contribution in [-0.4, -0.2) is 28.4 Å². The van der Waals surface area contributed by atoms with Crippen molar-refractivity contribution in [3.63, 3.8) is 0 Å². The number of aryl methyl sites for hydroxylation is 1. The van der Waals surface area contributed by atoms with Crippen molar-refractivity contribution < 1.29 is 24.4 Å². The van der Waals surface area contributed by atoms with E-state index in [1.807, 2.05) is 0 Å². The van der Waals surface area contributed by atoms with Gasteiger partial charge in [-0.15, -0.1) is 0 Å². The quantitative estimate of drug-likeness (QED) is 0.266. The molecule has 0 radical (unpaired) electrons. The van der Waals surface area contributed by atoms with Gasteiger partial charge in [0.25, 0.3) is 5.82 Å². The van der Waals surface area contributed by atoms with Crippen molar-refractivity contribution >= 4 is 11.8 Å². The highest BCUT2D eigenvalue weighted by atomic mass is 16.4. The van der Waals surface area contributed by atoms with E-state index < -0.39 is 5.97 Å². The minimum atomic E-state index is -1.13. The molecule has 0 spiro atoms. The summed E-state index contributed by atoms with van der Waals surface area (Å²) < 4.78 is 1.71.